The van der Waals surface area contributed by atoms with Crippen LogP contribution in [0.15, 0.2) is 24.3 Å². The summed E-state index contributed by atoms with van der Waals surface area (Å²) in [6, 6.07) is 7.76. The van der Waals surface area contributed by atoms with Gasteiger partial charge in [-0.15, -0.1) is 0 Å². The average Bonchev–Trinajstić information content (AvgIpc) is 2.65. The summed E-state index contributed by atoms with van der Waals surface area (Å²) in [7, 11) is 0. The summed E-state index contributed by atoms with van der Waals surface area (Å²) in [5.74, 6) is 0.160. The number of benzene rings is 1. The van der Waals surface area contributed by atoms with E-state index in [1.807, 2.05) is 31.2 Å². The van der Waals surface area contributed by atoms with Crippen LogP contribution in [0.1, 0.15) is 30.1 Å². The smallest absolute Gasteiger partial charge is 0.222 e. The number of nitrogens with zero attached hydrogens (tertiary/aromatic N) is 1. The number of likely N-dealkylation sites (tertiary alicyclic amines) is 1. The molecule has 1 atom stereocenters. The van der Waals surface area contributed by atoms with E-state index in [0.717, 1.165) is 24.1 Å². The van der Waals surface area contributed by atoms with Crippen LogP contribution in [-0.4, -0.2) is 29.0 Å². The molecule has 3 heteroatoms. The molecule has 1 aliphatic rings. The fourth-order valence-electron chi connectivity index (χ4n) is 2.16. The molecule has 0 bridgehead atoms. The lowest BCUT2D eigenvalue weighted by Crippen LogP contribution is -2.29. The number of aliphatic hydroxyl groups excluding tert-OH is 1. The van der Waals surface area contributed by atoms with Gasteiger partial charge in [-0.05, 0) is 24.5 Å². The second-order valence-electron chi connectivity index (χ2n) is 4.32. The molecule has 2 rings (SSSR count). The second-order valence-corrected chi connectivity index (χ2v) is 4.32. The van der Waals surface area contributed by atoms with E-state index in [1.54, 1.807) is 4.90 Å². The van der Waals surface area contributed by atoms with Crippen LogP contribution >= 0.6 is 0 Å². The van der Waals surface area contributed by atoms with Crippen molar-refractivity contribution in [1.29, 1.82) is 0 Å². The summed E-state index contributed by atoms with van der Waals surface area (Å²) in [4.78, 5) is 13.2. The molecule has 1 unspecified atom stereocenters. The van der Waals surface area contributed by atoms with E-state index in [9.17, 15) is 9.90 Å². The largest absolute Gasteiger partial charge is 0.387 e. The van der Waals surface area contributed by atoms with Crippen LogP contribution in [-0.2, 0) is 4.79 Å². The predicted octanol–water partition coefficient (Wildman–Crippen LogP) is 1.65. The Bertz CT molecular complexity index is 389. The molecule has 1 N–H and O–H groups in total. The van der Waals surface area contributed by atoms with Crippen LogP contribution < -0.4 is 0 Å². The van der Waals surface area contributed by atoms with Crippen molar-refractivity contribution in [3.05, 3.63) is 35.4 Å². The molecule has 86 valence electrons. The molecule has 1 aliphatic heterocycles. The van der Waals surface area contributed by atoms with Gasteiger partial charge in [-0.25, -0.2) is 0 Å². The van der Waals surface area contributed by atoms with Crippen LogP contribution in [0.2, 0.25) is 0 Å². The third-order valence-electron chi connectivity index (χ3n) is 3.11. The number of β-amino-alcohol motifs (C(OH)–C–C–N with tert-alkyl or cyclic N) is 1. The maximum absolute atomic E-state index is 11.4. The molecular weight excluding hydrogens is 202 g/mol. The number of carbonyl (C=O) groups is 1. The van der Waals surface area contributed by atoms with Gasteiger partial charge >= 0.3 is 0 Å². The molecular formula is C13H17NO2. The molecule has 0 radical (unpaired) electrons. The molecule has 1 saturated heterocycles. The minimum absolute atomic E-state index is 0.160. The predicted molar refractivity (Wildman–Crippen MR) is 62.0 cm³/mol. The summed E-state index contributed by atoms with van der Waals surface area (Å²) < 4.78 is 0. The zero-order chi connectivity index (χ0) is 11.5. The van der Waals surface area contributed by atoms with Gasteiger partial charge in [0.25, 0.3) is 0 Å². The van der Waals surface area contributed by atoms with Gasteiger partial charge in [0, 0.05) is 13.0 Å². The number of aryl methyl sites for hydroxylation is 1. The third-order valence-corrected chi connectivity index (χ3v) is 3.11. The average molecular weight is 219 g/mol. The van der Waals surface area contributed by atoms with Crippen molar-refractivity contribution in [2.75, 3.05) is 13.1 Å². The highest BCUT2D eigenvalue weighted by molar-refractivity contribution is 5.78. The van der Waals surface area contributed by atoms with E-state index in [2.05, 4.69) is 0 Å². The Morgan fingerprint density at radius 1 is 1.44 bits per heavy atom. The van der Waals surface area contributed by atoms with Crippen molar-refractivity contribution in [3.63, 3.8) is 0 Å². The number of amides is 1. The highest BCUT2D eigenvalue weighted by Gasteiger charge is 2.23. The van der Waals surface area contributed by atoms with Crippen molar-refractivity contribution in [2.45, 2.75) is 25.9 Å². The fraction of sp³-hybridized carbons (Fsp3) is 0.462. The van der Waals surface area contributed by atoms with E-state index in [-0.39, 0.29) is 5.91 Å². The molecule has 1 aromatic carbocycles. The Morgan fingerprint density at radius 2 is 2.19 bits per heavy atom. The van der Waals surface area contributed by atoms with Crippen LogP contribution in [0.4, 0.5) is 0 Å². The first-order chi connectivity index (χ1) is 7.68. The molecule has 1 aromatic rings. The first-order valence-corrected chi connectivity index (χ1v) is 5.70. The summed E-state index contributed by atoms with van der Waals surface area (Å²) >= 11 is 0. The van der Waals surface area contributed by atoms with Gasteiger partial charge in [0.1, 0.15) is 0 Å². The molecule has 0 aliphatic carbocycles. The molecule has 3 nitrogen and oxygen atoms in total. The first-order valence-electron chi connectivity index (χ1n) is 5.70. The lowest BCUT2D eigenvalue weighted by Gasteiger charge is -2.21. The lowest BCUT2D eigenvalue weighted by atomic mass is 10.0. The van der Waals surface area contributed by atoms with Gasteiger partial charge in [0.2, 0.25) is 5.91 Å². The number of hydrogen-bond acceptors (Lipinski definition) is 2. The van der Waals surface area contributed by atoms with Crippen molar-refractivity contribution >= 4 is 5.91 Å². The third kappa shape index (κ3) is 2.25. The van der Waals surface area contributed by atoms with Crippen molar-refractivity contribution in [2.24, 2.45) is 0 Å². The van der Waals surface area contributed by atoms with Crippen LogP contribution in [0.3, 0.4) is 0 Å². The topological polar surface area (TPSA) is 40.5 Å². The lowest BCUT2D eigenvalue weighted by molar-refractivity contribution is -0.128. The standard InChI is InChI=1S/C13H17NO2/c1-10-5-2-3-6-11(10)12(15)9-14-8-4-7-13(14)16/h2-3,5-6,12,15H,4,7-9H2,1H3. The molecule has 0 saturated carbocycles. The summed E-state index contributed by atoms with van der Waals surface area (Å²) in [5.41, 5.74) is 1.99. The fourth-order valence-corrected chi connectivity index (χ4v) is 2.16. The van der Waals surface area contributed by atoms with Crippen LogP contribution in [0.25, 0.3) is 0 Å². The molecule has 1 amide bonds. The molecule has 0 aromatic heterocycles. The van der Waals surface area contributed by atoms with Gasteiger partial charge in [-0.2, -0.15) is 0 Å². The minimum Gasteiger partial charge on any atom is -0.387 e. The first kappa shape index (κ1) is 11.1. The zero-order valence-electron chi connectivity index (χ0n) is 9.52. The number of carbonyl (C=O) groups excluding carboxylic acids is 1. The Balaban J connectivity index is 2.05. The SMILES string of the molecule is Cc1ccccc1C(O)CN1CCCC1=O. The monoisotopic (exact) mass is 219 g/mol. The number of rotatable bonds is 3. The zero-order valence-corrected chi connectivity index (χ0v) is 9.52. The highest BCUT2D eigenvalue weighted by Crippen LogP contribution is 2.20. The van der Waals surface area contributed by atoms with Crippen molar-refractivity contribution < 1.29 is 9.90 Å². The highest BCUT2D eigenvalue weighted by atomic mass is 16.3. The van der Waals surface area contributed by atoms with E-state index >= 15 is 0 Å². The second kappa shape index (κ2) is 4.66. The molecule has 1 heterocycles. The summed E-state index contributed by atoms with van der Waals surface area (Å²) in [5, 5.41) is 10.1. The van der Waals surface area contributed by atoms with Crippen molar-refractivity contribution in [3.8, 4) is 0 Å². The van der Waals surface area contributed by atoms with Gasteiger partial charge in [0.15, 0.2) is 0 Å². The Labute approximate surface area is 95.7 Å². The van der Waals surface area contributed by atoms with E-state index in [0.29, 0.717) is 13.0 Å². The molecule has 1 fully saturated rings. The number of hydrogen-bond donors (Lipinski definition) is 1. The van der Waals surface area contributed by atoms with E-state index in [1.165, 1.54) is 0 Å². The van der Waals surface area contributed by atoms with Gasteiger partial charge in [-0.1, -0.05) is 24.3 Å². The maximum Gasteiger partial charge on any atom is 0.222 e. The minimum atomic E-state index is -0.566. The summed E-state index contributed by atoms with van der Waals surface area (Å²) in [6.45, 7) is 3.18. The van der Waals surface area contributed by atoms with Gasteiger partial charge in [0.05, 0.1) is 12.6 Å². The quantitative estimate of drug-likeness (QED) is 0.839. The Hall–Kier alpha value is -1.35. The molecule has 0 spiro atoms. The van der Waals surface area contributed by atoms with Crippen molar-refractivity contribution in [1.82, 2.24) is 4.90 Å². The number of aliphatic hydroxyl groups is 1. The van der Waals surface area contributed by atoms with E-state index < -0.39 is 6.10 Å². The van der Waals surface area contributed by atoms with E-state index in [4.69, 9.17) is 0 Å². The normalized spacial score (nSPS) is 17.9. The molecule has 16 heavy (non-hydrogen) atoms. The van der Waals surface area contributed by atoms with Crippen LogP contribution in [0.5, 0.6) is 0 Å². The Kier molecular flexibility index (Phi) is 3.25. The van der Waals surface area contributed by atoms with Gasteiger partial charge < -0.3 is 10.0 Å². The Morgan fingerprint density at radius 3 is 2.81 bits per heavy atom. The van der Waals surface area contributed by atoms with Crippen LogP contribution in [0, 0.1) is 6.92 Å². The summed E-state index contributed by atoms with van der Waals surface area (Å²) in [6.07, 6.45) is 0.975. The maximum atomic E-state index is 11.4. The van der Waals surface area contributed by atoms with Gasteiger partial charge in [-0.3, -0.25) is 4.79 Å².